The van der Waals surface area contributed by atoms with E-state index in [2.05, 4.69) is 51.4 Å². The number of hydrogen-bond acceptors (Lipinski definition) is 3. The summed E-state index contributed by atoms with van der Waals surface area (Å²) < 4.78 is 1.07. The van der Waals surface area contributed by atoms with Crippen LogP contribution in [0.25, 0.3) is 10.9 Å². The van der Waals surface area contributed by atoms with Crippen LogP contribution in [-0.2, 0) is 16.9 Å². The first-order chi connectivity index (χ1) is 12.2. The van der Waals surface area contributed by atoms with Gasteiger partial charge in [0.1, 0.15) is 0 Å². The van der Waals surface area contributed by atoms with Gasteiger partial charge < -0.3 is 4.84 Å². The first-order valence-electron chi connectivity index (χ1n) is 8.64. The summed E-state index contributed by atoms with van der Waals surface area (Å²) >= 11 is 3.56. The van der Waals surface area contributed by atoms with Crippen molar-refractivity contribution in [3.8, 4) is 0 Å². The van der Waals surface area contributed by atoms with Gasteiger partial charge in [-0.2, -0.15) is 0 Å². The third-order valence-corrected chi connectivity index (χ3v) is 5.72. The third-order valence-electron chi connectivity index (χ3n) is 5.23. The Morgan fingerprint density at radius 3 is 2.80 bits per heavy atom. The Bertz CT molecular complexity index is 999. The van der Waals surface area contributed by atoms with Gasteiger partial charge in [0.15, 0.2) is 5.60 Å². The summed E-state index contributed by atoms with van der Waals surface area (Å²) in [6, 6.07) is 18.8. The van der Waals surface area contributed by atoms with Crippen LogP contribution in [0.15, 0.2) is 64.2 Å². The minimum Gasteiger partial charge on any atom is -0.384 e. The second kappa shape index (κ2) is 5.67. The molecule has 1 spiro atoms. The van der Waals surface area contributed by atoms with Gasteiger partial charge in [0, 0.05) is 27.5 Å². The molecular formula is C21H17BrN2O. The number of nitrogens with zero attached hydrogens (tertiary/aromatic N) is 2. The van der Waals surface area contributed by atoms with Crippen molar-refractivity contribution < 1.29 is 4.84 Å². The molecular weight excluding hydrogens is 376 g/mol. The van der Waals surface area contributed by atoms with Crippen LogP contribution in [0.4, 0.5) is 0 Å². The fraction of sp³-hybridized carbons (Fsp3) is 0.238. The zero-order chi connectivity index (χ0) is 16.9. The summed E-state index contributed by atoms with van der Waals surface area (Å²) in [7, 11) is 0. The van der Waals surface area contributed by atoms with E-state index in [1.165, 1.54) is 5.56 Å². The Morgan fingerprint density at radius 2 is 1.92 bits per heavy atom. The Hall–Kier alpha value is -2.20. The summed E-state index contributed by atoms with van der Waals surface area (Å²) in [5.41, 5.74) is 5.22. The van der Waals surface area contributed by atoms with Crippen LogP contribution in [0.5, 0.6) is 0 Å². The number of halogens is 1. The van der Waals surface area contributed by atoms with Gasteiger partial charge >= 0.3 is 0 Å². The molecule has 1 aliphatic carbocycles. The lowest BCUT2D eigenvalue weighted by atomic mass is 9.77. The lowest BCUT2D eigenvalue weighted by molar-refractivity contribution is -0.0366. The third kappa shape index (κ3) is 2.47. The fourth-order valence-corrected chi connectivity index (χ4v) is 4.37. The van der Waals surface area contributed by atoms with Crippen molar-refractivity contribution in [2.45, 2.75) is 31.3 Å². The largest absolute Gasteiger partial charge is 0.384 e. The molecule has 2 heterocycles. The molecule has 3 nitrogen and oxygen atoms in total. The number of oxime groups is 1. The molecule has 0 N–H and O–H groups in total. The van der Waals surface area contributed by atoms with Gasteiger partial charge in [-0.05, 0) is 49.1 Å². The average molecular weight is 393 g/mol. The maximum Gasteiger partial charge on any atom is 0.170 e. The zero-order valence-electron chi connectivity index (χ0n) is 13.7. The number of aromatic nitrogens is 1. The Morgan fingerprint density at radius 1 is 1.04 bits per heavy atom. The van der Waals surface area contributed by atoms with Crippen LogP contribution in [0, 0.1) is 0 Å². The summed E-state index contributed by atoms with van der Waals surface area (Å²) in [6.45, 7) is 0. The molecule has 124 valence electrons. The second-order valence-electron chi connectivity index (χ2n) is 6.84. The number of benzene rings is 2. The van der Waals surface area contributed by atoms with E-state index in [1.807, 2.05) is 24.3 Å². The van der Waals surface area contributed by atoms with Gasteiger partial charge in [0.25, 0.3) is 0 Å². The van der Waals surface area contributed by atoms with Crippen LogP contribution < -0.4 is 0 Å². The number of rotatable bonds is 1. The number of fused-ring (bicyclic) bond motifs is 3. The maximum atomic E-state index is 6.09. The van der Waals surface area contributed by atoms with E-state index in [4.69, 9.17) is 9.82 Å². The lowest BCUT2D eigenvalue weighted by Crippen LogP contribution is -2.31. The smallest absolute Gasteiger partial charge is 0.170 e. The van der Waals surface area contributed by atoms with Crippen molar-refractivity contribution in [2.24, 2.45) is 5.16 Å². The van der Waals surface area contributed by atoms with Crippen molar-refractivity contribution in [1.82, 2.24) is 4.98 Å². The topological polar surface area (TPSA) is 34.5 Å². The summed E-state index contributed by atoms with van der Waals surface area (Å²) in [5, 5.41) is 5.60. The number of pyridine rings is 1. The van der Waals surface area contributed by atoms with Crippen LogP contribution in [-0.4, -0.2) is 10.7 Å². The van der Waals surface area contributed by atoms with Crippen molar-refractivity contribution in [3.63, 3.8) is 0 Å². The van der Waals surface area contributed by atoms with Crippen molar-refractivity contribution in [2.75, 3.05) is 0 Å². The molecule has 2 aromatic carbocycles. The molecule has 1 aliphatic heterocycles. The SMILES string of the molecule is Brc1ccc2nc3c(cc2c1)[C@]1(CCC3)CC(c2ccccc2)=NO1. The van der Waals surface area contributed by atoms with Crippen molar-refractivity contribution in [1.29, 1.82) is 0 Å². The monoisotopic (exact) mass is 392 g/mol. The minimum absolute atomic E-state index is 0.359. The fourth-order valence-electron chi connectivity index (χ4n) is 3.99. The first kappa shape index (κ1) is 15.1. The molecule has 25 heavy (non-hydrogen) atoms. The zero-order valence-corrected chi connectivity index (χ0v) is 15.3. The van der Waals surface area contributed by atoms with Crippen LogP contribution in [0.2, 0.25) is 0 Å². The maximum absolute atomic E-state index is 6.09. The van der Waals surface area contributed by atoms with E-state index >= 15 is 0 Å². The molecule has 0 radical (unpaired) electrons. The molecule has 3 aromatic rings. The summed E-state index contributed by atoms with van der Waals surface area (Å²) in [4.78, 5) is 11.0. The van der Waals surface area contributed by atoms with Crippen LogP contribution in [0.3, 0.4) is 0 Å². The van der Waals surface area contributed by atoms with E-state index in [1.54, 1.807) is 0 Å². The van der Waals surface area contributed by atoms with E-state index < -0.39 is 0 Å². The standard InChI is InChI=1S/C21H17BrN2O/c22-16-8-9-18-15(11-16)12-17-19(23-18)7-4-10-21(17)13-20(24-25-21)14-5-2-1-3-6-14/h1-3,5-6,8-9,11-12H,4,7,10,13H2/t21-/m0/s1. The molecule has 0 saturated heterocycles. The van der Waals surface area contributed by atoms with Gasteiger partial charge in [0.2, 0.25) is 0 Å². The number of aryl methyl sites for hydroxylation is 1. The average Bonchev–Trinajstić information content (AvgIpc) is 3.06. The van der Waals surface area contributed by atoms with Crippen LogP contribution >= 0.6 is 15.9 Å². The Labute approximate surface area is 154 Å². The molecule has 0 unspecified atom stereocenters. The van der Waals surface area contributed by atoms with Gasteiger partial charge in [-0.25, -0.2) is 0 Å². The van der Waals surface area contributed by atoms with E-state index in [9.17, 15) is 0 Å². The molecule has 0 saturated carbocycles. The normalized spacial score (nSPS) is 21.9. The minimum atomic E-state index is -0.359. The van der Waals surface area contributed by atoms with Gasteiger partial charge in [0.05, 0.1) is 11.2 Å². The molecule has 4 heteroatoms. The molecule has 1 aromatic heterocycles. The Balaban J connectivity index is 1.59. The van der Waals surface area contributed by atoms with E-state index in [0.29, 0.717) is 0 Å². The first-order valence-corrected chi connectivity index (χ1v) is 9.43. The van der Waals surface area contributed by atoms with Gasteiger partial charge in [-0.1, -0.05) is 51.4 Å². The second-order valence-corrected chi connectivity index (χ2v) is 7.76. The van der Waals surface area contributed by atoms with Gasteiger partial charge in [-0.3, -0.25) is 4.98 Å². The van der Waals surface area contributed by atoms with Crippen LogP contribution in [0.1, 0.15) is 36.1 Å². The highest BCUT2D eigenvalue weighted by atomic mass is 79.9. The molecule has 0 amide bonds. The molecule has 0 fully saturated rings. The van der Waals surface area contributed by atoms with Crippen molar-refractivity contribution >= 4 is 32.5 Å². The lowest BCUT2D eigenvalue weighted by Gasteiger charge is -2.32. The number of hydrogen-bond donors (Lipinski definition) is 0. The van der Waals surface area contributed by atoms with E-state index in [-0.39, 0.29) is 5.60 Å². The predicted octanol–water partition coefficient (Wildman–Crippen LogP) is 5.35. The quantitative estimate of drug-likeness (QED) is 0.558. The molecule has 5 rings (SSSR count). The Kier molecular flexibility index (Phi) is 3.42. The van der Waals surface area contributed by atoms with E-state index in [0.717, 1.165) is 58.0 Å². The highest BCUT2D eigenvalue weighted by Crippen LogP contribution is 2.45. The summed E-state index contributed by atoms with van der Waals surface area (Å²) in [5.74, 6) is 0. The van der Waals surface area contributed by atoms with Gasteiger partial charge in [-0.15, -0.1) is 0 Å². The highest BCUT2D eigenvalue weighted by molar-refractivity contribution is 9.10. The van der Waals surface area contributed by atoms with Crippen molar-refractivity contribution in [3.05, 3.63) is 75.9 Å². The molecule has 0 bridgehead atoms. The molecule has 1 atom stereocenters. The molecule has 2 aliphatic rings. The predicted molar refractivity (Wildman–Crippen MR) is 103 cm³/mol. The summed E-state index contributed by atoms with van der Waals surface area (Å²) in [6.07, 6.45) is 3.89. The highest BCUT2D eigenvalue weighted by Gasteiger charge is 2.45.